The summed E-state index contributed by atoms with van der Waals surface area (Å²) in [5.41, 5.74) is 0.440. The molecule has 1 fully saturated rings. The molecule has 2 N–H and O–H groups in total. The van der Waals surface area contributed by atoms with Crippen LogP contribution >= 0.6 is 0 Å². The Morgan fingerprint density at radius 3 is 2.73 bits per heavy atom. The minimum absolute atomic E-state index is 0.417. The van der Waals surface area contributed by atoms with E-state index in [1.807, 2.05) is 0 Å². The van der Waals surface area contributed by atoms with E-state index in [1.165, 1.54) is 6.42 Å². The van der Waals surface area contributed by atoms with Gasteiger partial charge >= 0.3 is 0 Å². The largest absolute Gasteiger partial charge is 0.376 e. The lowest BCUT2D eigenvalue weighted by molar-refractivity contribution is 0.0238. The average molecular weight is 214 g/mol. The first kappa shape index (κ1) is 12.9. The van der Waals surface area contributed by atoms with Crippen molar-refractivity contribution in [1.29, 1.82) is 0 Å². The van der Waals surface area contributed by atoms with Gasteiger partial charge in [-0.2, -0.15) is 0 Å². The summed E-state index contributed by atoms with van der Waals surface area (Å²) >= 11 is 0. The lowest BCUT2D eigenvalue weighted by Gasteiger charge is -2.24. The van der Waals surface area contributed by atoms with Crippen LogP contribution in [0.2, 0.25) is 0 Å². The van der Waals surface area contributed by atoms with Crippen molar-refractivity contribution in [1.82, 2.24) is 10.6 Å². The maximum absolute atomic E-state index is 5.62. The number of hydrogen-bond acceptors (Lipinski definition) is 3. The van der Waals surface area contributed by atoms with Crippen LogP contribution in [0, 0.1) is 5.41 Å². The van der Waals surface area contributed by atoms with Gasteiger partial charge in [0.05, 0.1) is 12.7 Å². The van der Waals surface area contributed by atoms with Gasteiger partial charge in [-0.05, 0) is 31.3 Å². The molecule has 15 heavy (non-hydrogen) atoms. The normalized spacial score (nSPS) is 23.0. The summed E-state index contributed by atoms with van der Waals surface area (Å²) in [5, 5.41) is 6.83. The molecule has 1 aliphatic heterocycles. The standard InChI is InChI=1S/C12H26N2O/c1-12(2,3)5-7-13-6-4-11-10-14-8-9-15-11/h11,13-14H,4-10H2,1-3H3. The molecule has 0 saturated carbocycles. The molecule has 1 aliphatic rings. The summed E-state index contributed by atoms with van der Waals surface area (Å²) in [6.07, 6.45) is 2.77. The van der Waals surface area contributed by atoms with Crippen LogP contribution in [-0.2, 0) is 4.74 Å². The van der Waals surface area contributed by atoms with E-state index >= 15 is 0 Å². The first-order chi connectivity index (χ1) is 7.08. The minimum atomic E-state index is 0.417. The Morgan fingerprint density at radius 1 is 1.33 bits per heavy atom. The highest BCUT2D eigenvalue weighted by Crippen LogP contribution is 2.16. The molecule has 1 rings (SSSR count). The Morgan fingerprint density at radius 2 is 2.13 bits per heavy atom. The van der Waals surface area contributed by atoms with Gasteiger partial charge in [0, 0.05) is 13.1 Å². The fraction of sp³-hybridized carbons (Fsp3) is 1.00. The quantitative estimate of drug-likeness (QED) is 0.679. The number of morpholine rings is 1. The molecule has 0 bridgehead atoms. The Bertz CT molecular complexity index is 159. The molecular formula is C12H26N2O. The van der Waals surface area contributed by atoms with E-state index in [0.29, 0.717) is 11.5 Å². The second kappa shape index (κ2) is 6.46. The molecule has 0 amide bonds. The Kier molecular flexibility index (Phi) is 5.58. The molecule has 0 aromatic heterocycles. The van der Waals surface area contributed by atoms with Crippen LogP contribution in [0.15, 0.2) is 0 Å². The van der Waals surface area contributed by atoms with Crippen LogP contribution < -0.4 is 10.6 Å². The predicted molar refractivity (Wildman–Crippen MR) is 64.2 cm³/mol. The van der Waals surface area contributed by atoms with Crippen molar-refractivity contribution in [3.8, 4) is 0 Å². The zero-order chi connectivity index (χ0) is 11.1. The van der Waals surface area contributed by atoms with Crippen molar-refractivity contribution in [3.05, 3.63) is 0 Å². The van der Waals surface area contributed by atoms with Gasteiger partial charge in [0.15, 0.2) is 0 Å². The molecule has 1 unspecified atom stereocenters. The van der Waals surface area contributed by atoms with Crippen molar-refractivity contribution >= 4 is 0 Å². The lowest BCUT2D eigenvalue weighted by atomic mass is 9.92. The van der Waals surface area contributed by atoms with Crippen LogP contribution in [0.1, 0.15) is 33.6 Å². The van der Waals surface area contributed by atoms with E-state index in [0.717, 1.165) is 39.2 Å². The molecule has 0 radical (unpaired) electrons. The molecular weight excluding hydrogens is 188 g/mol. The second-order valence-corrected chi connectivity index (χ2v) is 5.55. The van der Waals surface area contributed by atoms with Gasteiger partial charge in [-0.3, -0.25) is 0 Å². The third-order valence-corrected chi connectivity index (χ3v) is 2.70. The van der Waals surface area contributed by atoms with Crippen molar-refractivity contribution < 1.29 is 4.74 Å². The van der Waals surface area contributed by atoms with E-state index in [2.05, 4.69) is 31.4 Å². The summed E-state index contributed by atoms with van der Waals surface area (Å²) in [4.78, 5) is 0. The Labute approximate surface area is 94.0 Å². The third kappa shape index (κ3) is 6.88. The topological polar surface area (TPSA) is 33.3 Å². The smallest absolute Gasteiger partial charge is 0.0712 e. The van der Waals surface area contributed by atoms with E-state index in [9.17, 15) is 0 Å². The molecule has 3 heteroatoms. The van der Waals surface area contributed by atoms with E-state index in [1.54, 1.807) is 0 Å². The van der Waals surface area contributed by atoms with E-state index < -0.39 is 0 Å². The number of nitrogens with one attached hydrogen (secondary N) is 2. The zero-order valence-electron chi connectivity index (χ0n) is 10.4. The molecule has 3 nitrogen and oxygen atoms in total. The lowest BCUT2D eigenvalue weighted by Crippen LogP contribution is -2.40. The molecule has 1 saturated heterocycles. The SMILES string of the molecule is CC(C)(C)CCNCCC1CNCCO1. The van der Waals surface area contributed by atoms with E-state index in [4.69, 9.17) is 4.74 Å². The van der Waals surface area contributed by atoms with Gasteiger partial charge in [-0.1, -0.05) is 20.8 Å². The van der Waals surface area contributed by atoms with Gasteiger partial charge in [-0.25, -0.2) is 0 Å². The van der Waals surface area contributed by atoms with Gasteiger partial charge in [-0.15, -0.1) is 0 Å². The van der Waals surface area contributed by atoms with E-state index in [-0.39, 0.29) is 0 Å². The van der Waals surface area contributed by atoms with Crippen LogP contribution in [0.4, 0.5) is 0 Å². The van der Waals surface area contributed by atoms with Crippen LogP contribution in [0.3, 0.4) is 0 Å². The maximum atomic E-state index is 5.62. The molecule has 1 heterocycles. The highest BCUT2D eigenvalue weighted by molar-refractivity contribution is 4.69. The van der Waals surface area contributed by atoms with Crippen molar-refractivity contribution in [3.63, 3.8) is 0 Å². The molecule has 90 valence electrons. The molecule has 1 atom stereocenters. The monoisotopic (exact) mass is 214 g/mol. The molecule has 0 aliphatic carbocycles. The fourth-order valence-corrected chi connectivity index (χ4v) is 1.66. The summed E-state index contributed by atoms with van der Waals surface area (Å²) in [6.45, 7) is 11.9. The number of hydrogen-bond donors (Lipinski definition) is 2. The van der Waals surface area contributed by atoms with Crippen LogP contribution in [0.25, 0.3) is 0 Å². The zero-order valence-corrected chi connectivity index (χ0v) is 10.4. The van der Waals surface area contributed by atoms with Crippen LogP contribution in [-0.4, -0.2) is 38.9 Å². The first-order valence-corrected chi connectivity index (χ1v) is 6.11. The van der Waals surface area contributed by atoms with Gasteiger partial charge in [0.2, 0.25) is 0 Å². The second-order valence-electron chi connectivity index (χ2n) is 5.55. The average Bonchev–Trinajstić information content (AvgIpc) is 2.17. The van der Waals surface area contributed by atoms with Gasteiger partial charge in [0.25, 0.3) is 0 Å². The minimum Gasteiger partial charge on any atom is -0.376 e. The fourth-order valence-electron chi connectivity index (χ4n) is 1.66. The maximum Gasteiger partial charge on any atom is 0.0712 e. The Hall–Kier alpha value is -0.120. The summed E-state index contributed by atoms with van der Waals surface area (Å²) in [6, 6.07) is 0. The molecule has 0 aromatic carbocycles. The van der Waals surface area contributed by atoms with Crippen molar-refractivity contribution in [2.45, 2.75) is 39.7 Å². The van der Waals surface area contributed by atoms with Crippen molar-refractivity contribution in [2.75, 3.05) is 32.8 Å². The third-order valence-electron chi connectivity index (χ3n) is 2.70. The highest BCUT2D eigenvalue weighted by atomic mass is 16.5. The van der Waals surface area contributed by atoms with Gasteiger partial charge < -0.3 is 15.4 Å². The van der Waals surface area contributed by atoms with Crippen molar-refractivity contribution in [2.24, 2.45) is 5.41 Å². The Balaban J connectivity index is 1.92. The highest BCUT2D eigenvalue weighted by Gasteiger charge is 2.13. The predicted octanol–water partition coefficient (Wildman–Crippen LogP) is 1.39. The number of ether oxygens (including phenoxy) is 1. The summed E-state index contributed by atoms with van der Waals surface area (Å²) in [5.74, 6) is 0. The van der Waals surface area contributed by atoms with Gasteiger partial charge in [0.1, 0.15) is 0 Å². The van der Waals surface area contributed by atoms with Crippen LogP contribution in [0.5, 0.6) is 0 Å². The molecule has 0 spiro atoms. The summed E-state index contributed by atoms with van der Waals surface area (Å²) < 4.78 is 5.62. The summed E-state index contributed by atoms with van der Waals surface area (Å²) in [7, 11) is 0. The number of rotatable bonds is 5. The molecule has 0 aromatic rings. The first-order valence-electron chi connectivity index (χ1n) is 6.11.